The number of halogens is 1. The summed E-state index contributed by atoms with van der Waals surface area (Å²) in [5, 5.41) is 4.08. The van der Waals surface area contributed by atoms with Crippen LogP contribution in [0.2, 0.25) is 5.02 Å². The van der Waals surface area contributed by atoms with Gasteiger partial charge < -0.3 is 10.2 Å². The van der Waals surface area contributed by atoms with Gasteiger partial charge in [0.1, 0.15) is 5.82 Å². The van der Waals surface area contributed by atoms with E-state index in [1.807, 2.05) is 36.5 Å². The van der Waals surface area contributed by atoms with E-state index in [1.165, 1.54) is 11.1 Å². The molecule has 5 heteroatoms. The molecule has 1 N–H and O–H groups in total. The van der Waals surface area contributed by atoms with Crippen molar-refractivity contribution in [1.82, 2.24) is 9.97 Å². The van der Waals surface area contributed by atoms with Gasteiger partial charge in [-0.05, 0) is 49.6 Å². The van der Waals surface area contributed by atoms with Gasteiger partial charge in [0.05, 0.1) is 0 Å². The fourth-order valence-corrected chi connectivity index (χ4v) is 3.13. The Morgan fingerprint density at radius 2 is 1.78 bits per heavy atom. The van der Waals surface area contributed by atoms with Crippen molar-refractivity contribution in [3.05, 3.63) is 83.0 Å². The molecule has 27 heavy (non-hydrogen) atoms. The van der Waals surface area contributed by atoms with Gasteiger partial charge >= 0.3 is 0 Å². The van der Waals surface area contributed by atoms with Crippen molar-refractivity contribution in [2.24, 2.45) is 0 Å². The number of nitrogens with one attached hydrogen (secondary N) is 1. The van der Waals surface area contributed by atoms with E-state index in [-0.39, 0.29) is 0 Å². The molecule has 0 bridgehead atoms. The molecule has 0 atom stereocenters. The first-order valence-electron chi connectivity index (χ1n) is 9.24. The van der Waals surface area contributed by atoms with Gasteiger partial charge in [-0.15, -0.1) is 0 Å². The molecule has 2 aromatic carbocycles. The Bertz CT molecular complexity index is 852. The highest BCUT2D eigenvalue weighted by Crippen LogP contribution is 2.19. The van der Waals surface area contributed by atoms with Crippen LogP contribution in [0.5, 0.6) is 0 Å². The number of hydrogen-bond donors (Lipinski definition) is 1. The van der Waals surface area contributed by atoms with Gasteiger partial charge in [-0.1, -0.05) is 54.1 Å². The Kier molecular flexibility index (Phi) is 6.66. The molecule has 140 valence electrons. The maximum absolute atomic E-state index is 6.04. The van der Waals surface area contributed by atoms with Gasteiger partial charge in [0, 0.05) is 30.4 Å². The van der Waals surface area contributed by atoms with E-state index >= 15 is 0 Å². The maximum atomic E-state index is 6.04. The zero-order chi connectivity index (χ0) is 19.1. The van der Waals surface area contributed by atoms with Gasteiger partial charge in [0.2, 0.25) is 5.95 Å². The van der Waals surface area contributed by atoms with Gasteiger partial charge in [-0.25, -0.2) is 4.98 Å². The summed E-state index contributed by atoms with van der Waals surface area (Å²) in [6, 6.07) is 20.7. The Labute approximate surface area is 166 Å². The summed E-state index contributed by atoms with van der Waals surface area (Å²) in [4.78, 5) is 11.4. The minimum Gasteiger partial charge on any atom is -0.354 e. The van der Waals surface area contributed by atoms with Crippen LogP contribution in [0.1, 0.15) is 25.0 Å². The summed E-state index contributed by atoms with van der Waals surface area (Å²) in [6.45, 7) is 5.93. The van der Waals surface area contributed by atoms with E-state index in [0.29, 0.717) is 12.0 Å². The average molecular weight is 381 g/mol. The van der Waals surface area contributed by atoms with Crippen LogP contribution in [0.25, 0.3) is 0 Å². The van der Waals surface area contributed by atoms with Crippen LogP contribution < -0.4 is 10.2 Å². The summed E-state index contributed by atoms with van der Waals surface area (Å²) in [7, 11) is 0. The van der Waals surface area contributed by atoms with Crippen molar-refractivity contribution in [3.63, 3.8) is 0 Å². The molecule has 0 saturated heterocycles. The fraction of sp³-hybridized carbons (Fsp3) is 0.273. The zero-order valence-corrected chi connectivity index (χ0v) is 16.5. The third-order valence-corrected chi connectivity index (χ3v) is 4.58. The zero-order valence-electron chi connectivity index (χ0n) is 15.8. The summed E-state index contributed by atoms with van der Waals surface area (Å²) >= 11 is 6.04. The Morgan fingerprint density at radius 3 is 2.52 bits per heavy atom. The van der Waals surface area contributed by atoms with Crippen molar-refractivity contribution < 1.29 is 0 Å². The van der Waals surface area contributed by atoms with E-state index in [0.717, 1.165) is 30.4 Å². The molecule has 0 spiro atoms. The first-order valence-corrected chi connectivity index (χ1v) is 9.61. The fourth-order valence-electron chi connectivity index (χ4n) is 2.91. The minimum absolute atomic E-state index is 0.333. The second-order valence-electron chi connectivity index (χ2n) is 6.75. The molecule has 0 fully saturated rings. The third-order valence-electron chi connectivity index (χ3n) is 4.34. The minimum atomic E-state index is 0.333. The summed E-state index contributed by atoms with van der Waals surface area (Å²) in [5.41, 5.74) is 2.46. The Morgan fingerprint density at radius 1 is 1.00 bits per heavy atom. The molecule has 1 heterocycles. The molecular weight excluding hydrogens is 356 g/mol. The highest BCUT2D eigenvalue weighted by molar-refractivity contribution is 6.30. The first kappa shape index (κ1) is 19.2. The summed E-state index contributed by atoms with van der Waals surface area (Å²) in [5.74, 6) is 1.57. The Balaban J connectivity index is 1.65. The van der Waals surface area contributed by atoms with E-state index in [2.05, 4.69) is 59.4 Å². The predicted molar refractivity (Wildman–Crippen MR) is 113 cm³/mol. The predicted octanol–water partition coefficient (Wildman–Crippen LogP) is 5.20. The molecule has 3 rings (SSSR count). The van der Waals surface area contributed by atoms with Crippen molar-refractivity contribution in [1.29, 1.82) is 0 Å². The number of rotatable bonds is 8. The number of hydrogen-bond acceptors (Lipinski definition) is 4. The van der Waals surface area contributed by atoms with Gasteiger partial charge in [-0.2, -0.15) is 4.98 Å². The normalized spacial score (nSPS) is 10.8. The quantitative estimate of drug-likeness (QED) is 0.583. The summed E-state index contributed by atoms with van der Waals surface area (Å²) in [6.07, 6.45) is 2.68. The molecule has 4 nitrogen and oxygen atoms in total. The topological polar surface area (TPSA) is 41.1 Å². The number of nitrogens with zero attached hydrogens (tertiary/aromatic N) is 3. The number of aromatic nitrogens is 2. The van der Waals surface area contributed by atoms with Crippen molar-refractivity contribution in [2.45, 2.75) is 32.9 Å². The largest absolute Gasteiger partial charge is 0.354 e. The maximum Gasteiger partial charge on any atom is 0.224 e. The highest BCUT2D eigenvalue weighted by atomic mass is 35.5. The van der Waals surface area contributed by atoms with Crippen molar-refractivity contribution in [3.8, 4) is 0 Å². The van der Waals surface area contributed by atoms with Crippen molar-refractivity contribution in [2.75, 3.05) is 16.8 Å². The van der Waals surface area contributed by atoms with Crippen LogP contribution in [0, 0.1) is 0 Å². The molecule has 3 aromatic rings. The van der Waals surface area contributed by atoms with Crippen LogP contribution in [-0.2, 0) is 13.0 Å². The van der Waals surface area contributed by atoms with E-state index in [9.17, 15) is 0 Å². The highest BCUT2D eigenvalue weighted by Gasteiger charge is 2.13. The van der Waals surface area contributed by atoms with Gasteiger partial charge in [0.25, 0.3) is 0 Å². The van der Waals surface area contributed by atoms with Crippen LogP contribution in [0.3, 0.4) is 0 Å². The lowest BCUT2D eigenvalue weighted by atomic mass is 10.1. The molecule has 0 aliphatic heterocycles. The van der Waals surface area contributed by atoms with Crippen LogP contribution >= 0.6 is 11.6 Å². The second kappa shape index (κ2) is 9.38. The number of benzene rings is 2. The van der Waals surface area contributed by atoms with Gasteiger partial charge in [0.15, 0.2) is 0 Å². The summed E-state index contributed by atoms with van der Waals surface area (Å²) < 4.78 is 0. The molecule has 0 saturated carbocycles. The lowest BCUT2D eigenvalue weighted by Crippen LogP contribution is -2.31. The molecule has 0 radical (unpaired) electrons. The third kappa shape index (κ3) is 5.69. The SMILES string of the molecule is CC(C)N(Cc1ccccc1)c1ccnc(NCCc2cccc(Cl)c2)n1. The first-order chi connectivity index (χ1) is 13.1. The second-order valence-corrected chi connectivity index (χ2v) is 7.19. The molecule has 0 aliphatic rings. The molecule has 0 unspecified atom stereocenters. The van der Waals surface area contributed by atoms with Crippen LogP contribution in [-0.4, -0.2) is 22.6 Å². The molecular formula is C22H25ClN4. The molecule has 1 aromatic heterocycles. The van der Waals surface area contributed by atoms with Crippen LogP contribution in [0.4, 0.5) is 11.8 Å². The van der Waals surface area contributed by atoms with Crippen LogP contribution in [0.15, 0.2) is 66.9 Å². The number of anilines is 2. The van der Waals surface area contributed by atoms with E-state index in [4.69, 9.17) is 16.6 Å². The monoisotopic (exact) mass is 380 g/mol. The average Bonchev–Trinajstić information content (AvgIpc) is 2.67. The smallest absolute Gasteiger partial charge is 0.224 e. The lowest BCUT2D eigenvalue weighted by Gasteiger charge is -2.28. The Hall–Kier alpha value is -2.59. The lowest BCUT2D eigenvalue weighted by molar-refractivity contribution is 0.671. The van der Waals surface area contributed by atoms with E-state index in [1.54, 1.807) is 0 Å². The molecule has 0 aliphatic carbocycles. The van der Waals surface area contributed by atoms with E-state index < -0.39 is 0 Å². The van der Waals surface area contributed by atoms with Crippen molar-refractivity contribution >= 4 is 23.4 Å². The standard InChI is InChI=1S/C22H25ClN4/c1-17(2)27(16-19-7-4-3-5-8-19)21-12-14-25-22(26-21)24-13-11-18-9-6-10-20(23)15-18/h3-10,12,14-15,17H,11,13,16H2,1-2H3,(H,24,25,26). The van der Waals surface area contributed by atoms with Gasteiger partial charge in [-0.3, -0.25) is 0 Å². The molecule has 0 amide bonds.